The van der Waals surface area contributed by atoms with E-state index >= 15 is 0 Å². The van der Waals surface area contributed by atoms with Crippen LogP contribution in [-0.2, 0) is 0 Å². The van der Waals surface area contributed by atoms with Crippen molar-refractivity contribution in [3.8, 4) is 17.3 Å². The summed E-state index contributed by atoms with van der Waals surface area (Å²) >= 11 is 6.81. The van der Waals surface area contributed by atoms with Crippen molar-refractivity contribution in [3.05, 3.63) is 47.5 Å². The normalized spacial score (nSPS) is 15.2. The molecule has 1 fully saturated rings. The Labute approximate surface area is 171 Å². The van der Waals surface area contributed by atoms with Crippen LogP contribution < -0.4 is 9.64 Å². The Kier molecular flexibility index (Phi) is 4.51. The van der Waals surface area contributed by atoms with E-state index in [0.29, 0.717) is 28.2 Å². The first kappa shape index (κ1) is 17.9. The molecule has 0 amide bonds. The van der Waals surface area contributed by atoms with Gasteiger partial charge in [0.25, 0.3) is 5.88 Å². The lowest BCUT2D eigenvalue weighted by Crippen LogP contribution is -2.21. The summed E-state index contributed by atoms with van der Waals surface area (Å²) in [6.07, 6.45) is 3.31. The molecule has 5 rings (SSSR count). The predicted octanol–water partition coefficient (Wildman–Crippen LogP) is 3.30. The third-order valence-electron chi connectivity index (χ3n) is 4.98. The Bertz CT molecular complexity index is 1120. The fourth-order valence-corrected chi connectivity index (χ4v) is 3.86. The highest BCUT2D eigenvalue weighted by atomic mass is 35.5. The van der Waals surface area contributed by atoms with Gasteiger partial charge < -0.3 is 9.64 Å². The molecule has 9 nitrogen and oxygen atoms in total. The minimum Gasteiger partial charge on any atom is -0.464 e. The number of H-pyrrole nitrogens is 1. The molecule has 1 aliphatic rings. The summed E-state index contributed by atoms with van der Waals surface area (Å²) in [6.45, 7) is 3.66. The third-order valence-corrected chi connectivity index (χ3v) is 5.33. The molecule has 1 unspecified atom stereocenters. The molecule has 0 saturated carbocycles. The molecule has 4 aromatic rings. The summed E-state index contributed by atoms with van der Waals surface area (Å²) in [5.74, 6) is 1.56. The molecular weight excluding hydrogens is 392 g/mol. The van der Waals surface area contributed by atoms with Gasteiger partial charge in [-0.3, -0.25) is 5.10 Å². The molecule has 10 heteroatoms. The first-order chi connectivity index (χ1) is 14.2. The van der Waals surface area contributed by atoms with E-state index in [1.165, 1.54) is 6.33 Å². The largest absolute Gasteiger partial charge is 0.464 e. The van der Waals surface area contributed by atoms with Crippen molar-refractivity contribution < 1.29 is 4.74 Å². The average molecular weight is 411 g/mol. The van der Waals surface area contributed by atoms with Gasteiger partial charge in [0, 0.05) is 18.7 Å². The van der Waals surface area contributed by atoms with Gasteiger partial charge in [0.15, 0.2) is 23.4 Å². The smallest absolute Gasteiger partial charge is 0.258 e. The topological polar surface area (TPSA) is 97.1 Å². The number of hydrogen-bond donors (Lipinski definition) is 1. The number of nitrogens with one attached hydrogen (secondary N) is 1. The fraction of sp³-hybridized carbons (Fsp3) is 0.316. The Hall–Kier alpha value is -3.20. The van der Waals surface area contributed by atoms with Gasteiger partial charge in [-0.2, -0.15) is 9.61 Å². The summed E-state index contributed by atoms with van der Waals surface area (Å²) in [5, 5.41) is 20.7. The number of halogens is 1. The molecule has 1 atom stereocenters. The average Bonchev–Trinajstić information content (AvgIpc) is 3.50. The number of anilines is 1. The zero-order valence-corrected chi connectivity index (χ0v) is 16.5. The molecule has 1 aliphatic heterocycles. The zero-order valence-electron chi connectivity index (χ0n) is 15.8. The molecule has 0 spiro atoms. The van der Waals surface area contributed by atoms with Crippen molar-refractivity contribution in [3.63, 3.8) is 0 Å². The molecule has 29 heavy (non-hydrogen) atoms. The number of aromatic nitrogens is 7. The van der Waals surface area contributed by atoms with Gasteiger partial charge in [-0.1, -0.05) is 41.9 Å². The highest BCUT2D eigenvalue weighted by molar-refractivity contribution is 6.36. The summed E-state index contributed by atoms with van der Waals surface area (Å²) in [5.41, 5.74) is 2.14. The second-order valence-corrected chi connectivity index (χ2v) is 7.28. The zero-order chi connectivity index (χ0) is 19.8. The van der Waals surface area contributed by atoms with Crippen LogP contribution in [-0.4, -0.2) is 48.1 Å². The molecule has 0 radical (unpaired) electrons. The summed E-state index contributed by atoms with van der Waals surface area (Å²) in [4.78, 5) is 6.37. The fourth-order valence-electron chi connectivity index (χ4n) is 3.55. The molecule has 4 heterocycles. The molecule has 1 saturated heterocycles. The maximum atomic E-state index is 6.81. The SMILES string of the molecule is CC(Oc1nn2c(-c3ccccc3)nnc2c(Cl)c1N1CCCC1)c1nc[nH]n1. The number of ether oxygens (including phenoxy) is 1. The number of fused-ring (bicyclic) bond motifs is 1. The maximum absolute atomic E-state index is 6.81. The van der Waals surface area contributed by atoms with E-state index in [0.717, 1.165) is 37.2 Å². The van der Waals surface area contributed by atoms with E-state index in [9.17, 15) is 0 Å². The van der Waals surface area contributed by atoms with Crippen molar-refractivity contribution in [1.82, 2.24) is 35.0 Å². The molecule has 0 aliphatic carbocycles. The van der Waals surface area contributed by atoms with Gasteiger partial charge in [0.05, 0.1) is 0 Å². The minimum absolute atomic E-state index is 0.403. The van der Waals surface area contributed by atoms with Crippen LogP contribution in [0.2, 0.25) is 5.02 Å². The number of rotatable bonds is 5. The monoisotopic (exact) mass is 410 g/mol. The Morgan fingerprint density at radius 2 is 1.93 bits per heavy atom. The number of benzene rings is 1. The summed E-state index contributed by atoms with van der Waals surface area (Å²) < 4.78 is 7.83. The van der Waals surface area contributed by atoms with Gasteiger partial charge in [0.1, 0.15) is 17.0 Å². The lowest BCUT2D eigenvalue weighted by molar-refractivity contribution is 0.205. The molecule has 1 aromatic carbocycles. The second kappa shape index (κ2) is 7.32. The summed E-state index contributed by atoms with van der Waals surface area (Å²) in [6, 6.07) is 9.75. The van der Waals surface area contributed by atoms with Crippen LogP contribution >= 0.6 is 11.6 Å². The van der Waals surface area contributed by atoms with Crippen molar-refractivity contribution >= 4 is 22.9 Å². The summed E-state index contributed by atoms with van der Waals surface area (Å²) in [7, 11) is 0. The lowest BCUT2D eigenvalue weighted by atomic mass is 10.2. The first-order valence-corrected chi connectivity index (χ1v) is 9.88. The van der Waals surface area contributed by atoms with Crippen molar-refractivity contribution in [1.29, 1.82) is 0 Å². The van der Waals surface area contributed by atoms with Gasteiger partial charge >= 0.3 is 0 Å². The predicted molar refractivity (Wildman–Crippen MR) is 108 cm³/mol. The van der Waals surface area contributed by atoms with Crippen LogP contribution in [0.3, 0.4) is 0 Å². The van der Waals surface area contributed by atoms with Crippen LogP contribution in [0.1, 0.15) is 31.7 Å². The molecule has 148 valence electrons. The Morgan fingerprint density at radius 3 is 2.66 bits per heavy atom. The third kappa shape index (κ3) is 3.17. The number of aromatic amines is 1. The number of nitrogens with zero attached hydrogens (tertiary/aromatic N) is 7. The van der Waals surface area contributed by atoms with Crippen LogP contribution in [0.5, 0.6) is 5.88 Å². The highest BCUT2D eigenvalue weighted by Gasteiger charge is 2.27. The van der Waals surface area contributed by atoms with Gasteiger partial charge in [-0.15, -0.1) is 15.3 Å². The minimum atomic E-state index is -0.403. The van der Waals surface area contributed by atoms with Crippen molar-refractivity contribution in [2.24, 2.45) is 0 Å². The van der Waals surface area contributed by atoms with E-state index in [1.807, 2.05) is 37.3 Å². The van der Waals surface area contributed by atoms with Crippen LogP contribution in [0.4, 0.5) is 5.69 Å². The van der Waals surface area contributed by atoms with E-state index < -0.39 is 6.10 Å². The quantitative estimate of drug-likeness (QED) is 0.539. The maximum Gasteiger partial charge on any atom is 0.258 e. The van der Waals surface area contributed by atoms with Gasteiger partial charge in [-0.25, -0.2) is 4.98 Å². The van der Waals surface area contributed by atoms with E-state index in [4.69, 9.17) is 21.4 Å². The van der Waals surface area contributed by atoms with Crippen LogP contribution in [0, 0.1) is 0 Å². The number of hydrogen-bond acceptors (Lipinski definition) is 7. The van der Waals surface area contributed by atoms with Crippen LogP contribution in [0.25, 0.3) is 17.0 Å². The Morgan fingerprint density at radius 1 is 1.14 bits per heavy atom. The highest BCUT2D eigenvalue weighted by Crippen LogP contribution is 2.40. The van der Waals surface area contributed by atoms with E-state index in [2.05, 4.69) is 30.3 Å². The van der Waals surface area contributed by atoms with Gasteiger partial charge in [-0.05, 0) is 19.8 Å². The molecular formula is C19H19ClN8O. The van der Waals surface area contributed by atoms with E-state index in [1.54, 1.807) is 4.52 Å². The Balaban J connectivity index is 1.66. The first-order valence-electron chi connectivity index (χ1n) is 9.50. The van der Waals surface area contributed by atoms with Gasteiger partial charge in [0.2, 0.25) is 0 Å². The lowest BCUT2D eigenvalue weighted by Gasteiger charge is -2.23. The van der Waals surface area contributed by atoms with E-state index in [-0.39, 0.29) is 0 Å². The standard InChI is InChI=1S/C19H19ClN8O/c1-12(16-21-11-22-23-16)29-19-15(27-9-5-6-10-27)14(20)18-25-24-17(28(18)26-19)13-7-3-2-4-8-13/h2-4,7-8,11-12H,5-6,9-10H2,1H3,(H,21,22,23). The second-order valence-electron chi connectivity index (χ2n) is 6.90. The molecule has 3 aromatic heterocycles. The molecule has 1 N–H and O–H groups in total. The van der Waals surface area contributed by atoms with Crippen molar-refractivity contribution in [2.45, 2.75) is 25.9 Å². The van der Waals surface area contributed by atoms with Crippen molar-refractivity contribution in [2.75, 3.05) is 18.0 Å². The molecule has 0 bridgehead atoms. The van der Waals surface area contributed by atoms with Crippen LogP contribution in [0.15, 0.2) is 36.7 Å².